The van der Waals surface area contributed by atoms with Gasteiger partial charge >= 0.3 is 0 Å². The second-order valence-corrected chi connectivity index (χ2v) is 7.10. The monoisotopic (exact) mass is 334 g/mol. The highest BCUT2D eigenvalue weighted by Gasteiger charge is 2.34. The van der Waals surface area contributed by atoms with E-state index in [0.717, 1.165) is 24.1 Å². The van der Waals surface area contributed by atoms with Crippen molar-refractivity contribution in [3.05, 3.63) is 23.3 Å². The summed E-state index contributed by atoms with van der Waals surface area (Å²) in [6.07, 6.45) is 3.72. The second-order valence-electron chi connectivity index (χ2n) is 7.10. The molecule has 2 aromatic heterocycles. The highest BCUT2D eigenvalue weighted by atomic mass is 19.1. The van der Waals surface area contributed by atoms with Gasteiger partial charge in [-0.3, -0.25) is 0 Å². The van der Waals surface area contributed by atoms with Crippen LogP contribution < -0.4 is 5.32 Å². The Hall–Kier alpha value is -1.73. The lowest BCUT2D eigenvalue weighted by molar-refractivity contribution is -0.0136. The van der Waals surface area contributed by atoms with Crippen LogP contribution in [0.5, 0.6) is 0 Å². The van der Waals surface area contributed by atoms with Crippen molar-refractivity contribution in [1.29, 1.82) is 0 Å². The fourth-order valence-corrected chi connectivity index (χ4v) is 3.49. The van der Waals surface area contributed by atoms with Crippen molar-refractivity contribution >= 4 is 11.5 Å². The summed E-state index contributed by atoms with van der Waals surface area (Å²) in [5.74, 6) is 0.721. The molecule has 2 aliphatic rings. The van der Waals surface area contributed by atoms with Crippen LogP contribution in [0.15, 0.2) is 6.20 Å². The van der Waals surface area contributed by atoms with E-state index in [1.54, 1.807) is 4.52 Å². The van der Waals surface area contributed by atoms with E-state index >= 15 is 0 Å². The Morgan fingerprint density at radius 3 is 2.83 bits per heavy atom. The second kappa shape index (κ2) is 5.97. The van der Waals surface area contributed by atoms with Crippen LogP contribution in [0.3, 0.4) is 0 Å². The van der Waals surface area contributed by atoms with Gasteiger partial charge in [-0.2, -0.15) is 0 Å². The highest BCUT2D eigenvalue weighted by Crippen LogP contribution is 2.46. The van der Waals surface area contributed by atoms with Gasteiger partial charge < -0.3 is 15.2 Å². The summed E-state index contributed by atoms with van der Waals surface area (Å²) in [4.78, 5) is 4.25. The molecule has 0 spiro atoms. The lowest BCUT2D eigenvalue weighted by Crippen LogP contribution is -2.42. The minimum atomic E-state index is -0.592. The van der Waals surface area contributed by atoms with Crippen LogP contribution in [0, 0.1) is 5.82 Å². The summed E-state index contributed by atoms with van der Waals surface area (Å²) in [6, 6.07) is -0.151. The van der Waals surface area contributed by atoms with Crippen molar-refractivity contribution in [3.63, 3.8) is 0 Å². The molecule has 0 radical (unpaired) electrons. The first-order chi connectivity index (χ1) is 11.6. The van der Waals surface area contributed by atoms with Crippen molar-refractivity contribution in [2.75, 3.05) is 18.5 Å². The number of hydrogen-bond donors (Lipinski definition) is 2. The van der Waals surface area contributed by atoms with E-state index in [-0.39, 0.29) is 17.8 Å². The normalized spacial score (nSPS) is 24.7. The maximum atomic E-state index is 14.8. The van der Waals surface area contributed by atoms with Gasteiger partial charge in [-0.25, -0.2) is 13.9 Å². The Labute approximate surface area is 140 Å². The molecule has 0 unspecified atom stereocenters. The molecule has 2 aromatic rings. The molecular formula is C17H23FN4O2. The fourth-order valence-electron chi connectivity index (χ4n) is 3.49. The first kappa shape index (κ1) is 15.8. The van der Waals surface area contributed by atoms with E-state index < -0.39 is 6.10 Å². The smallest absolute Gasteiger partial charge is 0.241 e. The minimum Gasteiger partial charge on any atom is -0.389 e. The number of nitrogens with one attached hydrogen (secondary N) is 1. The zero-order valence-corrected chi connectivity index (χ0v) is 14.0. The Morgan fingerprint density at radius 1 is 1.38 bits per heavy atom. The van der Waals surface area contributed by atoms with Crippen LogP contribution >= 0.6 is 0 Å². The number of fused-ring (bicyclic) bond motifs is 1. The molecule has 6 nitrogen and oxygen atoms in total. The first-order valence-corrected chi connectivity index (χ1v) is 8.65. The van der Waals surface area contributed by atoms with E-state index in [1.165, 1.54) is 6.20 Å². The number of hydrogen-bond acceptors (Lipinski definition) is 5. The molecule has 4 rings (SSSR count). The van der Waals surface area contributed by atoms with Crippen LogP contribution in [-0.4, -0.2) is 45.1 Å². The predicted octanol–water partition coefficient (Wildman–Crippen LogP) is 2.43. The Balaban J connectivity index is 1.73. The third kappa shape index (κ3) is 2.65. The SMILES string of the molecule is CC(C)c1c(C2CC2)c(F)c2cnc(N[C@@H]3CCOC[C@H]3O)nn12. The van der Waals surface area contributed by atoms with Gasteiger partial charge in [0.05, 0.1) is 30.6 Å². The molecule has 1 aliphatic heterocycles. The third-order valence-electron chi connectivity index (χ3n) is 4.87. The van der Waals surface area contributed by atoms with E-state index in [1.807, 2.05) is 0 Å². The summed E-state index contributed by atoms with van der Waals surface area (Å²) in [5.41, 5.74) is 2.17. The highest BCUT2D eigenvalue weighted by molar-refractivity contribution is 5.56. The van der Waals surface area contributed by atoms with Crippen molar-refractivity contribution in [2.24, 2.45) is 0 Å². The third-order valence-corrected chi connectivity index (χ3v) is 4.87. The van der Waals surface area contributed by atoms with Crippen molar-refractivity contribution < 1.29 is 14.2 Å². The molecule has 0 aromatic carbocycles. The zero-order chi connectivity index (χ0) is 16.8. The average Bonchev–Trinajstić information content (AvgIpc) is 3.34. The number of nitrogens with zero attached hydrogens (tertiary/aromatic N) is 3. The minimum absolute atomic E-state index is 0.151. The zero-order valence-electron chi connectivity index (χ0n) is 14.0. The van der Waals surface area contributed by atoms with E-state index in [2.05, 4.69) is 29.2 Å². The summed E-state index contributed by atoms with van der Waals surface area (Å²) >= 11 is 0. The average molecular weight is 334 g/mol. The van der Waals surface area contributed by atoms with Gasteiger partial charge in [0.15, 0.2) is 5.82 Å². The predicted molar refractivity (Wildman–Crippen MR) is 87.9 cm³/mol. The number of halogens is 1. The maximum Gasteiger partial charge on any atom is 0.241 e. The quantitative estimate of drug-likeness (QED) is 0.898. The van der Waals surface area contributed by atoms with Gasteiger partial charge in [-0.05, 0) is 31.1 Å². The molecular weight excluding hydrogens is 311 g/mol. The molecule has 2 N–H and O–H groups in total. The van der Waals surface area contributed by atoms with E-state index in [9.17, 15) is 9.50 Å². The van der Waals surface area contributed by atoms with Crippen molar-refractivity contribution in [2.45, 2.75) is 57.1 Å². The fraction of sp³-hybridized carbons (Fsp3) is 0.647. The molecule has 7 heteroatoms. The molecule has 24 heavy (non-hydrogen) atoms. The lowest BCUT2D eigenvalue weighted by Gasteiger charge is -2.28. The maximum absolute atomic E-state index is 14.8. The summed E-state index contributed by atoms with van der Waals surface area (Å²) in [6.45, 7) is 5.02. The summed E-state index contributed by atoms with van der Waals surface area (Å²) < 4.78 is 21.7. The number of aromatic nitrogens is 3. The number of aliphatic hydroxyl groups is 1. The Morgan fingerprint density at radius 2 is 2.17 bits per heavy atom. The molecule has 130 valence electrons. The molecule has 1 saturated carbocycles. The molecule has 0 bridgehead atoms. The van der Waals surface area contributed by atoms with Crippen LogP contribution in [0.1, 0.15) is 56.2 Å². The van der Waals surface area contributed by atoms with Gasteiger partial charge in [0, 0.05) is 12.2 Å². The number of rotatable bonds is 4. The van der Waals surface area contributed by atoms with Crippen LogP contribution in [-0.2, 0) is 4.74 Å². The van der Waals surface area contributed by atoms with Crippen LogP contribution in [0.25, 0.3) is 5.52 Å². The van der Waals surface area contributed by atoms with Crippen LogP contribution in [0.4, 0.5) is 10.3 Å². The summed E-state index contributed by atoms with van der Waals surface area (Å²) in [5, 5.41) is 17.7. The molecule has 2 atom stereocenters. The summed E-state index contributed by atoms with van der Waals surface area (Å²) in [7, 11) is 0. The molecule has 2 fully saturated rings. The van der Waals surface area contributed by atoms with Gasteiger partial charge in [-0.1, -0.05) is 13.8 Å². The lowest BCUT2D eigenvalue weighted by atomic mass is 10.0. The van der Waals surface area contributed by atoms with Crippen molar-refractivity contribution in [1.82, 2.24) is 14.6 Å². The Kier molecular flexibility index (Phi) is 3.92. The first-order valence-electron chi connectivity index (χ1n) is 8.65. The van der Waals surface area contributed by atoms with Gasteiger partial charge in [0.2, 0.25) is 5.95 Å². The number of aliphatic hydroxyl groups excluding tert-OH is 1. The molecule has 1 aliphatic carbocycles. The molecule has 3 heterocycles. The van der Waals surface area contributed by atoms with E-state index in [0.29, 0.717) is 37.0 Å². The van der Waals surface area contributed by atoms with Crippen LogP contribution in [0.2, 0.25) is 0 Å². The van der Waals surface area contributed by atoms with Gasteiger partial charge in [0.25, 0.3) is 0 Å². The van der Waals surface area contributed by atoms with Gasteiger partial charge in [-0.15, -0.1) is 5.10 Å². The Bertz CT molecular complexity index is 757. The number of anilines is 1. The topological polar surface area (TPSA) is 71.7 Å². The molecule has 0 amide bonds. The standard InChI is InChI=1S/C17H23FN4O2/c1-9(2)16-14(10-3-4-10)15(18)12-7-19-17(21-22(12)16)20-11-5-6-24-8-13(11)23/h7,9-11,13,23H,3-6,8H2,1-2H3,(H,20,21)/t11-,13-/m1/s1. The number of ether oxygens (including phenoxy) is 1. The molecule has 1 saturated heterocycles. The van der Waals surface area contributed by atoms with E-state index in [4.69, 9.17) is 4.74 Å². The van der Waals surface area contributed by atoms with Crippen molar-refractivity contribution in [3.8, 4) is 0 Å². The van der Waals surface area contributed by atoms with Gasteiger partial charge in [0.1, 0.15) is 5.52 Å². The largest absolute Gasteiger partial charge is 0.389 e.